The summed E-state index contributed by atoms with van der Waals surface area (Å²) in [6.07, 6.45) is 0.669. The molecule has 1 rings (SSSR count). The molecular formula is C5H9N2O2. The van der Waals surface area contributed by atoms with Crippen molar-refractivity contribution in [1.29, 1.82) is 0 Å². The van der Waals surface area contributed by atoms with Gasteiger partial charge in [0.2, 0.25) is 0 Å². The van der Waals surface area contributed by atoms with E-state index in [1.807, 2.05) is 0 Å². The second-order valence-corrected chi connectivity index (χ2v) is 2.07. The Balaban J connectivity index is 2.31. The van der Waals surface area contributed by atoms with E-state index in [4.69, 9.17) is 5.11 Å². The second kappa shape index (κ2) is 2.80. The highest BCUT2D eigenvalue weighted by Gasteiger charge is 2.19. The number of nitrogens with one attached hydrogen (secondary N) is 1. The molecule has 1 aliphatic rings. The molecule has 1 atom stereocenters. The normalized spacial score (nSPS) is 27.8. The molecule has 9 heavy (non-hydrogen) atoms. The lowest BCUT2D eigenvalue weighted by Crippen LogP contribution is -2.40. The number of hydrogen-bond donors (Lipinski definition) is 2. The summed E-state index contributed by atoms with van der Waals surface area (Å²) >= 11 is 0. The highest BCUT2D eigenvalue weighted by molar-refractivity contribution is 5.70. The monoisotopic (exact) mass is 129 g/mol. The lowest BCUT2D eigenvalue weighted by atomic mass is 10.1. The molecule has 51 valence electrons. The lowest BCUT2D eigenvalue weighted by Gasteiger charge is -2.17. The van der Waals surface area contributed by atoms with Gasteiger partial charge in [0.1, 0.15) is 0 Å². The van der Waals surface area contributed by atoms with Crippen molar-refractivity contribution in [2.24, 2.45) is 5.92 Å². The number of aliphatic carboxylic acids is 1. The zero-order chi connectivity index (χ0) is 6.69. The van der Waals surface area contributed by atoms with Gasteiger partial charge in [0.15, 0.2) is 0 Å². The summed E-state index contributed by atoms with van der Waals surface area (Å²) in [5.74, 6) is -0.958. The number of hydrogen-bond acceptors (Lipinski definition) is 2. The van der Waals surface area contributed by atoms with Crippen LogP contribution in [-0.4, -0.2) is 24.2 Å². The molecule has 0 bridgehead atoms. The average Bonchev–Trinajstić information content (AvgIpc) is 1.90. The Bertz CT molecular complexity index is 110. The third-order valence-electron chi connectivity index (χ3n) is 1.39. The van der Waals surface area contributed by atoms with E-state index in [0.29, 0.717) is 19.5 Å². The van der Waals surface area contributed by atoms with E-state index in [2.05, 4.69) is 10.9 Å². The first kappa shape index (κ1) is 6.51. The fourth-order valence-electron chi connectivity index (χ4n) is 0.787. The Labute approximate surface area is 53.2 Å². The van der Waals surface area contributed by atoms with Crippen molar-refractivity contribution in [3.8, 4) is 0 Å². The van der Waals surface area contributed by atoms with Gasteiger partial charge in [0.05, 0.1) is 5.92 Å². The van der Waals surface area contributed by atoms with Crippen LogP contribution in [0.15, 0.2) is 0 Å². The molecule has 0 aromatic carbocycles. The SMILES string of the molecule is O=C(O)C1CC[N]NC1. The van der Waals surface area contributed by atoms with Crippen molar-refractivity contribution >= 4 is 5.97 Å². The fraction of sp³-hybridized carbons (Fsp3) is 0.800. The van der Waals surface area contributed by atoms with Crippen LogP contribution >= 0.6 is 0 Å². The van der Waals surface area contributed by atoms with Crippen molar-refractivity contribution in [3.63, 3.8) is 0 Å². The first-order valence-electron chi connectivity index (χ1n) is 2.93. The van der Waals surface area contributed by atoms with Crippen molar-refractivity contribution in [2.75, 3.05) is 13.1 Å². The molecule has 4 nitrogen and oxygen atoms in total. The molecule has 0 amide bonds. The van der Waals surface area contributed by atoms with Crippen LogP contribution in [0.2, 0.25) is 0 Å². The van der Waals surface area contributed by atoms with E-state index in [1.54, 1.807) is 0 Å². The molecule has 0 spiro atoms. The largest absolute Gasteiger partial charge is 0.481 e. The third-order valence-corrected chi connectivity index (χ3v) is 1.39. The first-order valence-corrected chi connectivity index (χ1v) is 2.93. The molecule has 1 aliphatic heterocycles. The van der Waals surface area contributed by atoms with Gasteiger partial charge >= 0.3 is 5.97 Å². The van der Waals surface area contributed by atoms with Crippen LogP contribution in [0, 0.1) is 5.92 Å². The topological polar surface area (TPSA) is 63.4 Å². The van der Waals surface area contributed by atoms with E-state index < -0.39 is 5.97 Å². The molecule has 2 N–H and O–H groups in total. The first-order chi connectivity index (χ1) is 4.30. The molecule has 0 aromatic rings. The van der Waals surface area contributed by atoms with E-state index in [-0.39, 0.29) is 5.92 Å². The Morgan fingerprint density at radius 3 is 2.89 bits per heavy atom. The maximum absolute atomic E-state index is 10.3. The summed E-state index contributed by atoms with van der Waals surface area (Å²) in [6.45, 7) is 1.10. The number of rotatable bonds is 1. The van der Waals surface area contributed by atoms with Gasteiger partial charge in [-0.1, -0.05) is 0 Å². The summed E-state index contributed by atoms with van der Waals surface area (Å²) in [5, 5.41) is 8.46. The Hall–Kier alpha value is -0.610. The second-order valence-electron chi connectivity index (χ2n) is 2.07. The molecule has 0 aliphatic carbocycles. The van der Waals surface area contributed by atoms with Gasteiger partial charge in [-0.05, 0) is 6.42 Å². The van der Waals surface area contributed by atoms with Gasteiger partial charge < -0.3 is 5.11 Å². The predicted octanol–water partition coefficient (Wildman–Crippen LogP) is -0.800. The summed E-state index contributed by atoms with van der Waals surface area (Å²) in [6, 6.07) is 0. The molecule has 4 heteroatoms. The molecule has 0 aromatic heterocycles. The minimum atomic E-state index is -0.725. The van der Waals surface area contributed by atoms with E-state index >= 15 is 0 Å². The predicted molar refractivity (Wildman–Crippen MR) is 30.7 cm³/mol. The van der Waals surface area contributed by atoms with Crippen molar-refractivity contribution in [2.45, 2.75) is 6.42 Å². The Morgan fingerprint density at radius 2 is 2.56 bits per heavy atom. The molecule has 0 saturated carbocycles. The van der Waals surface area contributed by atoms with E-state index in [1.165, 1.54) is 0 Å². The van der Waals surface area contributed by atoms with Crippen molar-refractivity contribution < 1.29 is 9.90 Å². The third kappa shape index (κ3) is 1.65. The number of carboxylic acid groups (broad SMARTS) is 1. The van der Waals surface area contributed by atoms with E-state index in [9.17, 15) is 4.79 Å². The van der Waals surface area contributed by atoms with Gasteiger partial charge in [-0.25, -0.2) is 5.43 Å². The number of carboxylic acids is 1. The fourth-order valence-corrected chi connectivity index (χ4v) is 0.787. The summed E-state index contributed by atoms with van der Waals surface area (Å²) in [7, 11) is 0. The minimum Gasteiger partial charge on any atom is -0.481 e. The molecular weight excluding hydrogens is 120 g/mol. The van der Waals surface area contributed by atoms with Crippen molar-refractivity contribution in [1.82, 2.24) is 10.9 Å². The Kier molecular flexibility index (Phi) is 2.02. The van der Waals surface area contributed by atoms with Crippen molar-refractivity contribution in [3.05, 3.63) is 0 Å². The highest BCUT2D eigenvalue weighted by Crippen LogP contribution is 2.03. The van der Waals surface area contributed by atoms with Gasteiger partial charge in [-0.2, -0.15) is 5.43 Å². The highest BCUT2D eigenvalue weighted by atomic mass is 16.4. The lowest BCUT2D eigenvalue weighted by molar-refractivity contribution is -0.142. The van der Waals surface area contributed by atoms with Gasteiger partial charge in [-0.3, -0.25) is 4.79 Å². The quantitative estimate of drug-likeness (QED) is 0.487. The molecule has 1 saturated heterocycles. The van der Waals surface area contributed by atoms with Crippen LogP contribution in [-0.2, 0) is 4.79 Å². The van der Waals surface area contributed by atoms with Gasteiger partial charge in [0, 0.05) is 13.1 Å². The molecule has 1 unspecified atom stereocenters. The zero-order valence-corrected chi connectivity index (χ0v) is 5.00. The van der Waals surface area contributed by atoms with Crippen LogP contribution in [0.25, 0.3) is 0 Å². The smallest absolute Gasteiger partial charge is 0.307 e. The van der Waals surface area contributed by atoms with Crippen LogP contribution in [0.3, 0.4) is 0 Å². The standard InChI is InChI=1S/C5H9N2O2/c8-5(9)4-1-2-6-7-3-4/h4,7H,1-3H2,(H,8,9). The minimum absolute atomic E-state index is 0.234. The van der Waals surface area contributed by atoms with Crippen LogP contribution in [0.4, 0.5) is 0 Å². The van der Waals surface area contributed by atoms with Crippen LogP contribution < -0.4 is 10.9 Å². The van der Waals surface area contributed by atoms with Crippen LogP contribution in [0.1, 0.15) is 6.42 Å². The maximum atomic E-state index is 10.3. The maximum Gasteiger partial charge on any atom is 0.307 e. The van der Waals surface area contributed by atoms with Gasteiger partial charge in [0.25, 0.3) is 0 Å². The van der Waals surface area contributed by atoms with Gasteiger partial charge in [-0.15, -0.1) is 0 Å². The summed E-state index contributed by atoms with van der Waals surface area (Å²) in [4.78, 5) is 10.3. The molecule has 1 fully saturated rings. The molecule has 1 radical (unpaired) electrons. The molecule has 1 heterocycles. The zero-order valence-electron chi connectivity index (χ0n) is 5.00. The number of carbonyl (C=O) groups is 1. The Morgan fingerprint density at radius 1 is 1.78 bits per heavy atom. The summed E-state index contributed by atoms with van der Waals surface area (Å²) in [5.41, 5.74) is 6.46. The van der Waals surface area contributed by atoms with Crippen LogP contribution in [0.5, 0.6) is 0 Å². The van der Waals surface area contributed by atoms with E-state index in [0.717, 1.165) is 0 Å². The number of nitrogens with zero attached hydrogens (tertiary/aromatic N) is 1. The summed E-state index contributed by atoms with van der Waals surface area (Å²) < 4.78 is 0. The average molecular weight is 129 g/mol.